The second kappa shape index (κ2) is 4.09. The third-order valence-electron chi connectivity index (χ3n) is 2.85. The number of nitrogens with zero attached hydrogens (tertiary/aromatic N) is 2. The minimum atomic E-state index is 0.224. The number of aromatic nitrogens is 3. The molecule has 0 spiro atoms. The van der Waals surface area contributed by atoms with Crippen LogP contribution in [0, 0.1) is 0 Å². The van der Waals surface area contributed by atoms with Crippen LogP contribution in [0.5, 0.6) is 5.88 Å². The van der Waals surface area contributed by atoms with Gasteiger partial charge >= 0.3 is 0 Å². The first-order valence-electron chi connectivity index (χ1n) is 5.59. The fourth-order valence-electron chi connectivity index (χ4n) is 2.02. The highest BCUT2D eigenvalue weighted by molar-refractivity contribution is 5.80. The molecule has 84 valence electrons. The molecule has 0 aromatic carbocycles. The molecule has 5 heteroatoms. The monoisotopic (exact) mass is 218 g/mol. The summed E-state index contributed by atoms with van der Waals surface area (Å²) in [5.41, 5.74) is 0.828. The van der Waals surface area contributed by atoms with Crippen LogP contribution >= 0.6 is 0 Å². The number of fused-ring (bicyclic) bond motifs is 1. The van der Waals surface area contributed by atoms with E-state index in [0.29, 0.717) is 5.88 Å². The lowest BCUT2D eigenvalue weighted by Gasteiger charge is -2.23. The van der Waals surface area contributed by atoms with Crippen molar-refractivity contribution < 1.29 is 4.74 Å². The summed E-state index contributed by atoms with van der Waals surface area (Å²) in [6.45, 7) is 1.99. The maximum atomic E-state index is 5.89. The summed E-state index contributed by atoms with van der Waals surface area (Å²) in [4.78, 5) is 11.4. The highest BCUT2D eigenvalue weighted by Gasteiger charge is 2.16. The molecule has 1 atom stereocenters. The van der Waals surface area contributed by atoms with E-state index in [4.69, 9.17) is 4.74 Å². The lowest BCUT2D eigenvalue weighted by molar-refractivity contribution is 0.162. The highest BCUT2D eigenvalue weighted by Crippen LogP contribution is 2.22. The molecule has 5 nitrogen and oxygen atoms in total. The van der Waals surface area contributed by atoms with E-state index in [-0.39, 0.29) is 6.10 Å². The van der Waals surface area contributed by atoms with Gasteiger partial charge in [-0.1, -0.05) is 0 Å². The van der Waals surface area contributed by atoms with Crippen LogP contribution in [0.15, 0.2) is 18.6 Å². The smallest absolute Gasteiger partial charge is 0.226 e. The number of rotatable bonds is 2. The predicted molar refractivity (Wildman–Crippen MR) is 60.4 cm³/mol. The number of piperidine rings is 1. The molecule has 2 N–H and O–H groups in total. The van der Waals surface area contributed by atoms with E-state index in [9.17, 15) is 0 Å². The standard InChI is InChI=1S/C11H14N4O/c1-2-8(6-12-4-1)16-11-9-3-5-13-10(9)14-7-15-11/h3,5,7-8,12H,1-2,4,6H2,(H,13,14,15). The fourth-order valence-corrected chi connectivity index (χ4v) is 2.02. The summed E-state index contributed by atoms with van der Waals surface area (Å²) < 4.78 is 5.89. The first-order valence-corrected chi connectivity index (χ1v) is 5.59. The van der Waals surface area contributed by atoms with E-state index >= 15 is 0 Å². The van der Waals surface area contributed by atoms with Crippen molar-refractivity contribution in [3.05, 3.63) is 18.6 Å². The molecule has 3 heterocycles. The average Bonchev–Trinajstić information content (AvgIpc) is 2.80. The molecule has 1 aliphatic heterocycles. The van der Waals surface area contributed by atoms with Gasteiger partial charge in [-0.05, 0) is 25.5 Å². The fraction of sp³-hybridized carbons (Fsp3) is 0.455. The van der Waals surface area contributed by atoms with E-state index in [2.05, 4.69) is 20.3 Å². The number of nitrogens with one attached hydrogen (secondary N) is 2. The van der Waals surface area contributed by atoms with Crippen LogP contribution in [0.3, 0.4) is 0 Å². The van der Waals surface area contributed by atoms with E-state index in [1.165, 1.54) is 6.33 Å². The zero-order valence-electron chi connectivity index (χ0n) is 8.94. The molecule has 2 aromatic rings. The van der Waals surface area contributed by atoms with Crippen LogP contribution in [0.25, 0.3) is 11.0 Å². The normalized spacial score (nSPS) is 21.1. The Kier molecular flexibility index (Phi) is 2.46. The minimum Gasteiger partial charge on any atom is -0.472 e. The Bertz CT molecular complexity index is 476. The summed E-state index contributed by atoms with van der Waals surface area (Å²) in [5.74, 6) is 0.681. The van der Waals surface area contributed by atoms with Gasteiger partial charge in [0, 0.05) is 12.7 Å². The van der Waals surface area contributed by atoms with Gasteiger partial charge in [0.15, 0.2) is 0 Å². The Morgan fingerprint density at radius 2 is 2.38 bits per heavy atom. The second-order valence-electron chi connectivity index (χ2n) is 4.00. The van der Waals surface area contributed by atoms with Gasteiger partial charge in [-0.25, -0.2) is 9.97 Å². The molecule has 1 aliphatic rings. The van der Waals surface area contributed by atoms with Crippen LogP contribution < -0.4 is 10.1 Å². The highest BCUT2D eigenvalue weighted by atomic mass is 16.5. The van der Waals surface area contributed by atoms with E-state index in [1.807, 2.05) is 12.3 Å². The number of ether oxygens (including phenoxy) is 1. The van der Waals surface area contributed by atoms with Crippen molar-refractivity contribution in [2.45, 2.75) is 18.9 Å². The zero-order chi connectivity index (χ0) is 10.8. The summed E-state index contributed by atoms with van der Waals surface area (Å²) in [6.07, 6.45) is 5.85. The molecule has 3 rings (SSSR count). The molecule has 0 radical (unpaired) electrons. The van der Waals surface area contributed by atoms with Crippen LogP contribution in [0.1, 0.15) is 12.8 Å². The molecule has 16 heavy (non-hydrogen) atoms. The maximum Gasteiger partial charge on any atom is 0.226 e. The van der Waals surface area contributed by atoms with Gasteiger partial charge < -0.3 is 15.0 Å². The van der Waals surface area contributed by atoms with Gasteiger partial charge in [-0.15, -0.1) is 0 Å². The van der Waals surface area contributed by atoms with Gasteiger partial charge in [-0.3, -0.25) is 0 Å². The van der Waals surface area contributed by atoms with Gasteiger partial charge in [0.25, 0.3) is 0 Å². The number of hydrogen-bond acceptors (Lipinski definition) is 4. The van der Waals surface area contributed by atoms with Crippen molar-refractivity contribution in [3.63, 3.8) is 0 Å². The lowest BCUT2D eigenvalue weighted by Crippen LogP contribution is -2.37. The predicted octanol–water partition coefficient (Wildman–Crippen LogP) is 1.09. The Morgan fingerprint density at radius 1 is 1.38 bits per heavy atom. The lowest BCUT2D eigenvalue weighted by atomic mass is 10.1. The quantitative estimate of drug-likeness (QED) is 0.792. The third kappa shape index (κ3) is 1.74. The van der Waals surface area contributed by atoms with Crippen LogP contribution in [-0.2, 0) is 0 Å². The second-order valence-corrected chi connectivity index (χ2v) is 4.00. The molecule has 0 bridgehead atoms. The van der Waals surface area contributed by atoms with Crippen molar-refractivity contribution >= 4 is 11.0 Å². The first-order chi connectivity index (χ1) is 7.93. The molecular weight excluding hydrogens is 204 g/mol. The molecule has 1 fully saturated rings. The summed E-state index contributed by atoms with van der Waals surface area (Å²) in [5, 5.41) is 4.27. The summed E-state index contributed by atoms with van der Waals surface area (Å²) in [7, 11) is 0. The Morgan fingerprint density at radius 3 is 3.25 bits per heavy atom. The molecule has 0 amide bonds. The van der Waals surface area contributed by atoms with E-state index in [1.54, 1.807) is 0 Å². The van der Waals surface area contributed by atoms with Crippen molar-refractivity contribution in [2.75, 3.05) is 13.1 Å². The average molecular weight is 218 g/mol. The largest absolute Gasteiger partial charge is 0.472 e. The SMILES string of the molecule is c1nc(OC2CCCNC2)c2cc[nH]c2n1. The zero-order valence-corrected chi connectivity index (χ0v) is 8.94. The van der Waals surface area contributed by atoms with Gasteiger partial charge in [0.1, 0.15) is 18.1 Å². The molecule has 1 unspecified atom stereocenters. The van der Waals surface area contributed by atoms with Crippen LogP contribution in [0.2, 0.25) is 0 Å². The molecular formula is C11H14N4O. The minimum absolute atomic E-state index is 0.224. The van der Waals surface area contributed by atoms with Crippen LogP contribution in [-0.4, -0.2) is 34.1 Å². The Hall–Kier alpha value is -1.62. The summed E-state index contributed by atoms with van der Waals surface area (Å²) in [6, 6.07) is 1.95. The molecule has 1 saturated heterocycles. The van der Waals surface area contributed by atoms with Crippen molar-refractivity contribution in [1.82, 2.24) is 20.3 Å². The van der Waals surface area contributed by atoms with Crippen molar-refractivity contribution in [3.8, 4) is 5.88 Å². The first kappa shape index (κ1) is 9.59. The Balaban J connectivity index is 1.85. The maximum absolute atomic E-state index is 5.89. The van der Waals surface area contributed by atoms with E-state index in [0.717, 1.165) is 37.0 Å². The number of H-pyrrole nitrogens is 1. The number of aromatic amines is 1. The van der Waals surface area contributed by atoms with Crippen LogP contribution in [0.4, 0.5) is 0 Å². The summed E-state index contributed by atoms with van der Waals surface area (Å²) >= 11 is 0. The van der Waals surface area contributed by atoms with Crippen molar-refractivity contribution in [2.24, 2.45) is 0 Å². The van der Waals surface area contributed by atoms with Gasteiger partial charge in [0.05, 0.1) is 5.39 Å². The Labute approximate surface area is 93.2 Å². The van der Waals surface area contributed by atoms with Crippen molar-refractivity contribution in [1.29, 1.82) is 0 Å². The van der Waals surface area contributed by atoms with Gasteiger partial charge in [0.2, 0.25) is 5.88 Å². The van der Waals surface area contributed by atoms with E-state index < -0.39 is 0 Å². The third-order valence-corrected chi connectivity index (χ3v) is 2.85. The molecule has 2 aromatic heterocycles. The number of hydrogen-bond donors (Lipinski definition) is 2. The van der Waals surface area contributed by atoms with Gasteiger partial charge in [-0.2, -0.15) is 0 Å². The topological polar surface area (TPSA) is 62.8 Å². The molecule has 0 aliphatic carbocycles. The molecule has 0 saturated carbocycles.